The fourth-order valence-corrected chi connectivity index (χ4v) is 7.85. The molecular formula is C35H38BrFN6O6S. The average molecular weight is 770 g/mol. The van der Waals surface area contributed by atoms with E-state index >= 15 is 0 Å². The van der Waals surface area contributed by atoms with E-state index in [4.69, 9.17) is 19.2 Å². The number of halogens is 2. The molecule has 0 unspecified atom stereocenters. The summed E-state index contributed by atoms with van der Waals surface area (Å²) in [6.45, 7) is 7.95. The normalized spacial score (nSPS) is 21.1. The second-order valence-corrected chi connectivity index (χ2v) is 14.3. The second kappa shape index (κ2) is 15.0. The number of hydrogen-bond acceptors (Lipinski definition) is 11. The molecule has 264 valence electrons. The number of fused-ring (bicyclic) bond motifs is 1. The minimum absolute atomic E-state index is 0.103. The van der Waals surface area contributed by atoms with E-state index in [1.54, 1.807) is 45.0 Å². The number of esters is 1. The molecule has 3 atom stereocenters. The summed E-state index contributed by atoms with van der Waals surface area (Å²) < 4.78 is 31.2. The van der Waals surface area contributed by atoms with Crippen molar-refractivity contribution >= 4 is 57.3 Å². The number of nitrogens with zero attached hydrogens (tertiary/aromatic N) is 5. The van der Waals surface area contributed by atoms with Crippen molar-refractivity contribution in [2.75, 3.05) is 51.4 Å². The summed E-state index contributed by atoms with van der Waals surface area (Å²) >= 11 is 4.90. The molecule has 2 fully saturated rings. The van der Waals surface area contributed by atoms with Crippen LogP contribution in [-0.2, 0) is 29.4 Å². The maximum absolute atomic E-state index is 14.2. The Morgan fingerprint density at radius 3 is 2.64 bits per heavy atom. The number of piperazine rings is 1. The predicted octanol–water partition coefficient (Wildman–Crippen LogP) is 5.00. The number of anilines is 1. The largest absolute Gasteiger partial charge is 0.463 e. The van der Waals surface area contributed by atoms with E-state index in [-0.39, 0.29) is 24.7 Å². The number of thiazole rings is 1. The highest BCUT2D eigenvalue weighted by atomic mass is 79.9. The van der Waals surface area contributed by atoms with Gasteiger partial charge < -0.3 is 24.4 Å². The maximum Gasteiger partial charge on any atom is 0.338 e. The van der Waals surface area contributed by atoms with E-state index < -0.39 is 23.4 Å². The van der Waals surface area contributed by atoms with Crippen LogP contribution in [0.5, 0.6) is 0 Å². The lowest BCUT2D eigenvalue weighted by molar-refractivity contribution is -0.141. The number of aromatic nitrogens is 1. The van der Waals surface area contributed by atoms with E-state index in [2.05, 4.69) is 31.1 Å². The summed E-state index contributed by atoms with van der Waals surface area (Å²) in [6, 6.07) is 10.4. The first-order valence-corrected chi connectivity index (χ1v) is 17.9. The zero-order valence-corrected chi connectivity index (χ0v) is 30.5. The molecule has 3 aliphatic rings. The standard InChI is InChI=1S/C35H38BrFN6O6S/c1-5-48-33(45)29-26(39-31(32-38-12-15-50-32)40-30(29)24-11-8-22(37)16-25(24)36)17-41-13-14-42-27(28(41)19-47-4)18-43(34(42)46)23-9-6-21(7-10-23)35(2,3)49-20-44/h6-12,15-16,20,27-28,30H,5,13-14,17-19H2,1-4H3,(H,39,40)/t27-,28-,30+/m1/s1. The van der Waals surface area contributed by atoms with Gasteiger partial charge in [-0.25, -0.2) is 19.0 Å². The number of carbonyl (C=O) groups excluding carboxylic acids is 3. The van der Waals surface area contributed by atoms with Gasteiger partial charge in [0.25, 0.3) is 6.47 Å². The highest BCUT2D eigenvalue weighted by Crippen LogP contribution is 2.38. The Hall–Kier alpha value is -4.18. The third-order valence-corrected chi connectivity index (χ3v) is 10.7. The molecule has 12 nitrogen and oxygen atoms in total. The van der Waals surface area contributed by atoms with Crippen molar-refractivity contribution in [1.29, 1.82) is 0 Å². The fourth-order valence-electron chi connectivity index (χ4n) is 6.70. The number of ether oxygens (including phenoxy) is 3. The number of hydrogen-bond donors (Lipinski definition) is 1. The van der Waals surface area contributed by atoms with Crippen molar-refractivity contribution < 1.29 is 33.0 Å². The Morgan fingerprint density at radius 2 is 1.98 bits per heavy atom. The molecule has 4 heterocycles. The van der Waals surface area contributed by atoms with Crippen LogP contribution < -0.4 is 10.2 Å². The van der Waals surface area contributed by atoms with E-state index in [1.807, 2.05) is 34.5 Å². The van der Waals surface area contributed by atoms with E-state index in [1.165, 1.54) is 23.5 Å². The van der Waals surface area contributed by atoms with Crippen LogP contribution in [0, 0.1) is 5.82 Å². The Kier molecular flexibility index (Phi) is 10.7. The molecule has 0 aliphatic carbocycles. The van der Waals surface area contributed by atoms with E-state index in [0.717, 1.165) is 11.3 Å². The molecule has 0 saturated carbocycles. The molecule has 0 spiro atoms. The summed E-state index contributed by atoms with van der Waals surface area (Å²) in [5.41, 5.74) is 2.22. The number of benzene rings is 2. The maximum atomic E-state index is 14.2. The van der Waals surface area contributed by atoms with Gasteiger partial charge in [-0.3, -0.25) is 19.6 Å². The Labute approximate surface area is 302 Å². The summed E-state index contributed by atoms with van der Waals surface area (Å²) in [6.07, 6.45) is 1.68. The summed E-state index contributed by atoms with van der Waals surface area (Å²) in [5.74, 6) is -0.473. The van der Waals surface area contributed by atoms with Gasteiger partial charge in [-0.1, -0.05) is 34.1 Å². The third kappa shape index (κ3) is 7.04. The molecule has 3 aliphatic heterocycles. The average Bonchev–Trinajstić information content (AvgIpc) is 3.74. The molecule has 6 rings (SSSR count). The lowest BCUT2D eigenvalue weighted by Gasteiger charge is -2.44. The lowest BCUT2D eigenvalue weighted by atomic mass is 9.94. The zero-order chi connectivity index (χ0) is 35.6. The summed E-state index contributed by atoms with van der Waals surface area (Å²) in [5, 5.41) is 5.88. The van der Waals surface area contributed by atoms with Crippen LogP contribution >= 0.6 is 27.3 Å². The number of amides is 2. The van der Waals surface area contributed by atoms with Gasteiger partial charge in [0.2, 0.25) is 0 Å². The van der Waals surface area contributed by atoms with Gasteiger partial charge in [0.1, 0.15) is 17.5 Å². The number of methoxy groups -OCH3 is 1. The van der Waals surface area contributed by atoms with Gasteiger partial charge in [-0.2, -0.15) is 0 Å². The lowest BCUT2D eigenvalue weighted by Crippen LogP contribution is -2.61. The highest BCUT2D eigenvalue weighted by molar-refractivity contribution is 9.10. The number of amidine groups is 1. The Balaban J connectivity index is 1.33. The smallest absolute Gasteiger partial charge is 0.338 e. The van der Waals surface area contributed by atoms with Crippen molar-refractivity contribution in [1.82, 2.24) is 20.1 Å². The van der Waals surface area contributed by atoms with Gasteiger partial charge >= 0.3 is 12.0 Å². The van der Waals surface area contributed by atoms with Crippen LogP contribution in [0.3, 0.4) is 0 Å². The number of aliphatic imine (C=N–C) groups is 1. The second-order valence-electron chi connectivity index (χ2n) is 12.5. The van der Waals surface area contributed by atoms with Crippen molar-refractivity contribution in [3.05, 3.63) is 91.7 Å². The quantitative estimate of drug-likeness (QED) is 0.200. The molecule has 3 aromatic rings. The molecule has 2 saturated heterocycles. The fraction of sp³-hybridized carbons (Fsp3) is 0.400. The van der Waals surface area contributed by atoms with Gasteiger partial charge in [0.15, 0.2) is 10.8 Å². The Morgan fingerprint density at radius 1 is 1.20 bits per heavy atom. The molecular weight excluding hydrogens is 731 g/mol. The van der Waals surface area contributed by atoms with Crippen LogP contribution in [0.4, 0.5) is 14.9 Å². The first-order chi connectivity index (χ1) is 24.1. The molecule has 1 N–H and O–H groups in total. The monoisotopic (exact) mass is 768 g/mol. The summed E-state index contributed by atoms with van der Waals surface area (Å²) in [4.78, 5) is 53.8. The predicted molar refractivity (Wildman–Crippen MR) is 189 cm³/mol. The van der Waals surface area contributed by atoms with Crippen LogP contribution in [0.25, 0.3) is 0 Å². The van der Waals surface area contributed by atoms with Crippen LogP contribution in [-0.4, -0.2) is 97.7 Å². The molecule has 2 amide bonds. The zero-order valence-electron chi connectivity index (χ0n) is 28.1. The number of urea groups is 1. The van der Waals surface area contributed by atoms with Gasteiger partial charge in [0, 0.05) is 60.7 Å². The van der Waals surface area contributed by atoms with Crippen LogP contribution in [0.1, 0.15) is 42.9 Å². The number of carbonyl (C=O) groups is 3. The number of nitrogens with one attached hydrogen (secondary N) is 1. The topological polar surface area (TPSA) is 126 Å². The molecule has 0 bridgehead atoms. The van der Waals surface area contributed by atoms with Gasteiger partial charge in [0.05, 0.1) is 30.9 Å². The van der Waals surface area contributed by atoms with Crippen molar-refractivity contribution in [2.24, 2.45) is 4.99 Å². The molecule has 0 radical (unpaired) electrons. The van der Waals surface area contributed by atoms with E-state index in [0.29, 0.717) is 71.4 Å². The molecule has 1 aromatic heterocycles. The highest BCUT2D eigenvalue weighted by Gasteiger charge is 2.47. The first kappa shape index (κ1) is 35.6. The molecule has 15 heteroatoms. The molecule has 2 aromatic carbocycles. The number of rotatable bonds is 12. The third-order valence-electron chi connectivity index (χ3n) is 9.22. The minimum atomic E-state index is -0.810. The van der Waals surface area contributed by atoms with Gasteiger partial charge in [-0.05, 0) is 56.2 Å². The molecule has 50 heavy (non-hydrogen) atoms. The first-order valence-electron chi connectivity index (χ1n) is 16.2. The van der Waals surface area contributed by atoms with Gasteiger partial charge in [-0.15, -0.1) is 11.3 Å². The van der Waals surface area contributed by atoms with Crippen molar-refractivity contribution in [3.8, 4) is 0 Å². The SMILES string of the molecule is CCOC(=O)C1=C(CN2CCN3C(=O)N(c4ccc(C(C)(C)OC=O)cc4)C[C@@H]3[C@H]2COC)NC(c2nccs2)=N[C@H]1c1ccc(F)cc1Br. The van der Waals surface area contributed by atoms with Crippen molar-refractivity contribution in [2.45, 2.75) is 44.5 Å². The Bertz CT molecular complexity index is 1800. The minimum Gasteiger partial charge on any atom is -0.463 e. The summed E-state index contributed by atoms with van der Waals surface area (Å²) in [7, 11) is 1.63. The van der Waals surface area contributed by atoms with E-state index in [9.17, 15) is 18.8 Å². The van der Waals surface area contributed by atoms with Crippen molar-refractivity contribution in [3.63, 3.8) is 0 Å². The van der Waals surface area contributed by atoms with Crippen LogP contribution in [0.15, 0.2) is 74.8 Å². The van der Waals surface area contributed by atoms with Crippen LogP contribution in [0.2, 0.25) is 0 Å².